The third-order valence-corrected chi connectivity index (χ3v) is 2.62. The highest BCUT2D eigenvalue weighted by molar-refractivity contribution is 9.10. The van der Waals surface area contributed by atoms with E-state index in [1.54, 1.807) is 12.4 Å². The summed E-state index contributed by atoms with van der Waals surface area (Å²) < 4.78 is 26.6. The summed E-state index contributed by atoms with van der Waals surface area (Å²) in [6.45, 7) is 0.311. The van der Waals surface area contributed by atoms with Crippen molar-refractivity contribution in [1.82, 2.24) is 9.97 Å². The van der Waals surface area contributed by atoms with E-state index in [2.05, 4.69) is 31.2 Å². The van der Waals surface area contributed by atoms with Crippen LogP contribution in [0.2, 0.25) is 0 Å². The topological polar surface area (TPSA) is 40.7 Å². The molecule has 0 aliphatic heterocycles. The molecule has 0 unspecified atom stereocenters. The highest BCUT2D eigenvalue weighted by Crippen LogP contribution is 2.23. The number of hydrogen-bond acceptors (Lipinski definition) is 2. The fourth-order valence-electron chi connectivity index (χ4n) is 1.23. The van der Waals surface area contributed by atoms with Crippen LogP contribution in [0.4, 0.5) is 14.5 Å². The van der Waals surface area contributed by atoms with Gasteiger partial charge in [-0.1, -0.05) is 0 Å². The van der Waals surface area contributed by atoms with Gasteiger partial charge in [-0.3, -0.25) is 0 Å². The molecule has 0 saturated heterocycles. The van der Waals surface area contributed by atoms with Crippen molar-refractivity contribution in [3.8, 4) is 0 Å². The molecule has 0 amide bonds. The second-order valence-electron chi connectivity index (χ2n) is 3.14. The summed E-state index contributed by atoms with van der Waals surface area (Å²) >= 11 is 2.91. The van der Waals surface area contributed by atoms with Gasteiger partial charge in [0.2, 0.25) is 0 Å². The lowest BCUT2D eigenvalue weighted by molar-refractivity contribution is 0.596. The monoisotopic (exact) mass is 287 g/mol. The highest BCUT2D eigenvalue weighted by atomic mass is 79.9. The molecule has 6 heteroatoms. The Kier molecular flexibility index (Phi) is 3.19. The predicted octanol–water partition coefficient (Wildman–Crippen LogP) is 3.06. The van der Waals surface area contributed by atoms with Crippen LogP contribution in [0.25, 0.3) is 0 Å². The van der Waals surface area contributed by atoms with E-state index in [4.69, 9.17) is 0 Å². The van der Waals surface area contributed by atoms with Crippen LogP contribution in [0.1, 0.15) is 5.82 Å². The van der Waals surface area contributed by atoms with Crippen molar-refractivity contribution < 1.29 is 8.78 Å². The van der Waals surface area contributed by atoms with Crippen LogP contribution < -0.4 is 5.32 Å². The van der Waals surface area contributed by atoms with E-state index in [0.717, 1.165) is 12.1 Å². The van der Waals surface area contributed by atoms with Gasteiger partial charge in [0.15, 0.2) is 0 Å². The molecule has 0 saturated carbocycles. The molecular weight excluding hydrogens is 280 g/mol. The molecule has 0 spiro atoms. The summed E-state index contributed by atoms with van der Waals surface area (Å²) in [5, 5.41) is 2.75. The zero-order valence-electron chi connectivity index (χ0n) is 8.10. The van der Waals surface area contributed by atoms with Crippen molar-refractivity contribution in [3.05, 3.63) is 46.5 Å². The molecule has 0 radical (unpaired) electrons. The summed E-state index contributed by atoms with van der Waals surface area (Å²) in [6, 6.07) is 2.18. The smallest absolute Gasteiger partial charge is 0.147 e. The fraction of sp³-hybridized carbons (Fsp3) is 0.100. The van der Waals surface area contributed by atoms with Crippen molar-refractivity contribution in [2.24, 2.45) is 0 Å². The summed E-state index contributed by atoms with van der Waals surface area (Å²) in [5.74, 6) is -0.370. The Bertz CT molecular complexity index is 485. The van der Waals surface area contributed by atoms with Crippen LogP contribution in [0.15, 0.2) is 29.0 Å². The van der Waals surface area contributed by atoms with Gasteiger partial charge >= 0.3 is 0 Å². The minimum absolute atomic E-state index is 0.105. The van der Waals surface area contributed by atoms with Crippen molar-refractivity contribution in [2.75, 3.05) is 5.32 Å². The van der Waals surface area contributed by atoms with Crippen molar-refractivity contribution in [1.29, 1.82) is 0 Å². The number of aromatic nitrogens is 2. The normalized spacial score (nSPS) is 10.4. The summed E-state index contributed by atoms with van der Waals surface area (Å²) in [5.41, 5.74) is 0.108. The lowest BCUT2D eigenvalue weighted by Gasteiger charge is -2.06. The molecule has 2 aromatic rings. The molecule has 3 nitrogen and oxygen atoms in total. The van der Waals surface area contributed by atoms with E-state index in [0.29, 0.717) is 12.4 Å². The number of aromatic amines is 1. The molecule has 0 aliphatic carbocycles. The standard InChI is InChI=1S/C10H8BrF2N3/c11-6-3-8(13)9(4-7(6)12)16-5-10-14-1-2-15-10/h1-4,16H,5H2,(H,14,15). The number of anilines is 1. The van der Waals surface area contributed by atoms with Gasteiger partial charge < -0.3 is 10.3 Å². The molecule has 16 heavy (non-hydrogen) atoms. The Hall–Kier alpha value is -1.43. The SMILES string of the molecule is Fc1cc(NCc2ncc[nH]2)c(F)cc1Br. The first kappa shape index (κ1) is 11.1. The molecule has 2 rings (SSSR count). The Labute approximate surface area is 99.0 Å². The van der Waals surface area contributed by atoms with Crippen LogP contribution in [0, 0.1) is 11.6 Å². The van der Waals surface area contributed by atoms with Gasteiger partial charge in [0, 0.05) is 18.5 Å². The molecule has 1 aromatic heterocycles. The van der Waals surface area contributed by atoms with Gasteiger partial charge in [0.1, 0.15) is 17.5 Å². The van der Waals surface area contributed by atoms with E-state index >= 15 is 0 Å². The number of rotatable bonds is 3. The molecule has 2 N–H and O–H groups in total. The number of benzene rings is 1. The molecule has 1 aromatic carbocycles. The average Bonchev–Trinajstić information content (AvgIpc) is 2.74. The molecule has 0 aliphatic rings. The first-order valence-corrected chi connectivity index (χ1v) is 5.33. The fourth-order valence-corrected chi connectivity index (χ4v) is 1.55. The van der Waals surface area contributed by atoms with E-state index in [-0.39, 0.29) is 10.2 Å². The molecule has 0 atom stereocenters. The highest BCUT2D eigenvalue weighted by Gasteiger charge is 2.08. The zero-order chi connectivity index (χ0) is 11.5. The third kappa shape index (κ3) is 2.38. The van der Waals surface area contributed by atoms with Crippen LogP contribution in [-0.4, -0.2) is 9.97 Å². The van der Waals surface area contributed by atoms with Gasteiger partial charge in [-0.25, -0.2) is 13.8 Å². The molecular formula is C10H8BrF2N3. The second-order valence-corrected chi connectivity index (χ2v) is 3.99. The lowest BCUT2D eigenvalue weighted by atomic mass is 10.3. The molecule has 0 fully saturated rings. The number of hydrogen-bond donors (Lipinski definition) is 2. The minimum atomic E-state index is -0.514. The van der Waals surface area contributed by atoms with Crippen LogP contribution in [0.5, 0.6) is 0 Å². The first-order valence-electron chi connectivity index (χ1n) is 4.53. The minimum Gasteiger partial charge on any atom is -0.375 e. The Balaban J connectivity index is 2.12. The van der Waals surface area contributed by atoms with Crippen LogP contribution in [0.3, 0.4) is 0 Å². The summed E-state index contributed by atoms with van der Waals surface area (Å²) in [7, 11) is 0. The summed E-state index contributed by atoms with van der Waals surface area (Å²) in [6.07, 6.45) is 3.26. The largest absolute Gasteiger partial charge is 0.375 e. The molecule has 84 valence electrons. The van der Waals surface area contributed by atoms with Gasteiger partial charge in [0.25, 0.3) is 0 Å². The van der Waals surface area contributed by atoms with Crippen LogP contribution >= 0.6 is 15.9 Å². The van der Waals surface area contributed by atoms with Crippen molar-refractivity contribution >= 4 is 21.6 Å². The van der Waals surface area contributed by atoms with E-state index in [9.17, 15) is 8.78 Å². The Morgan fingerprint density at radius 3 is 2.81 bits per heavy atom. The van der Waals surface area contributed by atoms with Gasteiger partial charge in [0.05, 0.1) is 16.7 Å². The molecule has 0 bridgehead atoms. The number of H-pyrrole nitrogens is 1. The van der Waals surface area contributed by atoms with E-state index < -0.39 is 11.6 Å². The quantitative estimate of drug-likeness (QED) is 0.852. The number of halogens is 3. The second kappa shape index (κ2) is 4.61. The third-order valence-electron chi connectivity index (χ3n) is 2.01. The maximum atomic E-state index is 13.4. The van der Waals surface area contributed by atoms with Crippen LogP contribution in [-0.2, 0) is 6.54 Å². The van der Waals surface area contributed by atoms with E-state index in [1.165, 1.54) is 0 Å². The van der Waals surface area contributed by atoms with Crippen molar-refractivity contribution in [3.63, 3.8) is 0 Å². The number of nitrogens with one attached hydrogen (secondary N) is 2. The average molecular weight is 288 g/mol. The number of imidazole rings is 1. The maximum absolute atomic E-state index is 13.4. The summed E-state index contributed by atoms with van der Waals surface area (Å²) in [4.78, 5) is 6.81. The Morgan fingerprint density at radius 1 is 1.31 bits per heavy atom. The van der Waals surface area contributed by atoms with Gasteiger partial charge in [-0.15, -0.1) is 0 Å². The van der Waals surface area contributed by atoms with Crippen molar-refractivity contribution in [2.45, 2.75) is 6.54 Å². The Morgan fingerprint density at radius 2 is 2.12 bits per heavy atom. The lowest BCUT2D eigenvalue weighted by Crippen LogP contribution is -2.03. The van der Waals surface area contributed by atoms with Gasteiger partial charge in [-0.05, 0) is 22.0 Å². The number of nitrogens with zero attached hydrogens (tertiary/aromatic N) is 1. The zero-order valence-corrected chi connectivity index (χ0v) is 9.68. The maximum Gasteiger partial charge on any atom is 0.147 e. The first-order chi connectivity index (χ1) is 7.66. The van der Waals surface area contributed by atoms with Gasteiger partial charge in [-0.2, -0.15) is 0 Å². The molecule has 1 heterocycles. The van der Waals surface area contributed by atoms with E-state index in [1.807, 2.05) is 0 Å². The predicted molar refractivity (Wildman–Crippen MR) is 60.0 cm³/mol.